The largest absolute Gasteiger partial charge is 0.461 e. The zero-order valence-corrected chi connectivity index (χ0v) is 15.8. The van der Waals surface area contributed by atoms with Crippen molar-refractivity contribution in [1.82, 2.24) is 13.2 Å². The standard InChI is InChI=1S/C15H27N3O4S/c1-11(2)18-12(3)10-14(13(18)4)15(19)22-9-8-17(7)23(20,21)16(5)6/h10-11H,8-9H2,1-7H3. The molecule has 0 amide bonds. The fourth-order valence-electron chi connectivity index (χ4n) is 2.52. The normalized spacial score (nSPS) is 12.4. The summed E-state index contributed by atoms with van der Waals surface area (Å²) < 4.78 is 33.3. The van der Waals surface area contributed by atoms with Crippen LogP contribution in [0.4, 0.5) is 0 Å². The smallest absolute Gasteiger partial charge is 0.340 e. The van der Waals surface area contributed by atoms with Gasteiger partial charge in [-0.15, -0.1) is 0 Å². The Morgan fingerprint density at radius 1 is 1.26 bits per heavy atom. The number of carbonyl (C=O) groups is 1. The summed E-state index contributed by atoms with van der Waals surface area (Å²) in [4.78, 5) is 12.2. The van der Waals surface area contributed by atoms with Crippen molar-refractivity contribution >= 4 is 16.2 Å². The fraction of sp³-hybridized carbons (Fsp3) is 0.667. The molecule has 0 unspecified atom stereocenters. The van der Waals surface area contributed by atoms with Crippen molar-refractivity contribution in [2.75, 3.05) is 34.3 Å². The van der Waals surface area contributed by atoms with E-state index < -0.39 is 16.2 Å². The van der Waals surface area contributed by atoms with Crippen LogP contribution in [0.25, 0.3) is 0 Å². The molecule has 7 nitrogen and oxygen atoms in total. The van der Waals surface area contributed by atoms with E-state index in [0.717, 1.165) is 20.0 Å². The highest BCUT2D eigenvalue weighted by molar-refractivity contribution is 7.86. The van der Waals surface area contributed by atoms with Crippen molar-refractivity contribution in [2.24, 2.45) is 0 Å². The second-order valence-electron chi connectivity index (χ2n) is 6.00. The molecule has 0 aliphatic heterocycles. The van der Waals surface area contributed by atoms with Gasteiger partial charge in [0.2, 0.25) is 0 Å². The Bertz CT molecular complexity index is 663. The number of ether oxygens (including phenoxy) is 1. The molecular formula is C15H27N3O4S. The molecule has 0 N–H and O–H groups in total. The second-order valence-corrected chi connectivity index (χ2v) is 8.25. The van der Waals surface area contributed by atoms with Gasteiger partial charge in [-0.25, -0.2) is 4.79 Å². The zero-order chi connectivity index (χ0) is 17.9. The molecule has 0 radical (unpaired) electrons. The Hall–Kier alpha value is -1.38. The molecule has 0 aliphatic carbocycles. The molecule has 0 aliphatic rings. The maximum absolute atomic E-state index is 12.2. The highest BCUT2D eigenvalue weighted by atomic mass is 32.2. The molecule has 1 aromatic rings. The predicted octanol–water partition coefficient (Wildman–Crippen LogP) is 1.58. The van der Waals surface area contributed by atoms with Crippen LogP contribution >= 0.6 is 0 Å². The van der Waals surface area contributed by atoms with Crippen molar-refractivity contribution in [3.8, 4) is 0 Å². The summed E-state index contributed by atoms with van der Waals surface area (Å²) in [5.41, 5.74) is 2.38. The molecular weight excluding hydrogens is 318 g/mol. The predicted molar refractivity (Wildman–Crippen MR) is 89.8 cm³/mol. The zero-order valence-electron chi connectivity index (χ0n) is 15.0. The number of aromatic nitrogens is 1. The number of hydrogen-bond acceptors (Lipinski definition) is 4. The monoisotopic (exact) mass is 345 g/mol. The lowest BCUT2D eigenvalue weighted by Gasteiger charge is -2.21. The molecule has 132 valence electrons. The van der Waals surface area contributed by atoms with Gasteiger partial charge in [-0.2, -0.15) is 17.0 Å². The molecule has 0 saturated carbocycles. The molecule has 1 rings (SSSR count). The molecule has 0 saturated heterocycles. The van der Waals surface area contributed by atoms with Gasteiger partial charge >= 0.3 is 5.97 Å². The van der Waals surface area contributed by atoms with E-state index in [2.05, 4.69) is 18.4 Å². The van der Waals surface area contributed by atoms with Crippen molar-refractivity contribution < 1.29 is 17.9 Å². The quantitative estimate of drug-likeness (QED) is 0.704. The van der Waals surface area contributed by atoms with Gasteiger partial charge in [-0.3, -0.25) is 0 Å². The van der Waals surface area contributed by atoms with Crippen LogP contribution < -0.4 is 0 Å². The van der Waals surface area contributed by atoms with E-state index in [4.69, 9.17) is 4.74 Å². The lowest BCUT2D eigenvalue weighted by molar-refractivity contribution is 0.0492. The number of likely N-dealkylation sites (N-methyl/N-ethyl adjacent to an activating group) is 1. The minimum absolute atomic E-state index is 0.00769. The fourth-order valence-corrected chi connectivity index (χ4v) is 3.38. The summed E-state index contributed by atoms with van der Waals surface area (Å²) in [5.74, 6) is -0.430. The van der Waals surface area contributed by atoms with Gasteiger partial charge < -0.3 is 9.30 Å². The molecule has 0 aromatic carbocycles. The molecule has 23 heavy (non-hydrogen) atoms. The van der Waals surface area contributed by atoms with E-state index in [1.165, 1.54) is 21.1 Å². The van der Waals surface area contributed by atoms with Crippen molar-refractivity contribution in [2.45, 2.75) is 33.7 Å². The third kappa shape index (κ3) is 4.33. The first kappa shape index (κ1) is 19.7. The van der Waals surface area contributed by atoms with Crippen LogP contribution in [-0.4, -0.2) is 61.9 Å². The number of carbonyl (C=O) groups excluding carboxylic acids is 1. The SMILES string of the molecule is Cc1cc(C(=O)OCCN(C)S(=O)(=O)N(C)C)c(C)n1C(C)C. The first-order valence-electron chi connectivity index (χ1n) is 7.49. The Balaban J connectivity index is 2.71. The van der Waals surface area contributed by atoms with Gasteiger partial charge in [-0.1, -0.05) is 0 Å². The van der Waals surface area contributed by atoms with Gasteiger partial charge in [0.1, 0.15) is 6.61 Å². The van der Waals surface area contributed by atoms with Crippen molar-refractivity contribution in [1.29, 1.82) is 0 Å². The van der Waals surface area contributed by atoms with Crippen LogP contribution in [0.5, 0.6) is 0 Å². The molecule has 8 heteroatoms. The lowest BCUT2D eigenvalue weighted by atomic mass is 10.2. The molecule has 0 atom stereocenters. The van der Waals surface area contributed by atoms with Crippen LogP contribution in [0.2, 0.25) is 0 Å². The molecule has 1 heterocycles. The Morgan fingerprint density at radius 3 is 2.26 bits per heavy atom. The topological polar surface area (TPSA) is 71.8 Å². The van der Waals surface area contributed by atoms with E-state index in [1.54, 1.807) is 6.07 Å². The molecule has 0 spiro atoms. The average molecular weight is 345 g/mol. The highest BCUT2D eigenvalue weighted by Crippen LogP contribution is 2.20. The van der Waals surface area contributed by atoms with Crippen LogP contribution in [-0.2, 0) is 14.9 Å². The Morgan fingerprint density at radius 2 is 1.83 bits per heavy atom. The number of hydrogen-bond donors (Lipinski definition) is 0. The Labute approximate surface area is 139 Å². The summed E-state index contributed by atoms with van der Waals surface area (Å²) in [7, 11) is 0.876. The van der Waals surface area contributed by atoms with E-state index >= 15 is 0 Å². The van der Waals surface area contributed by atoms with Crippen LogP contribution in [0.15, 0.2) is 6.07 Å². The van der Waals surface area contributed by atoms with E-state index in [1.807, 2.05) is 13.8 Å². The third-order valence-corrected chi connectivity index (χ3v) is 5.61. The van der Waals surface area contributed by atoms with E-state index in [0.29, 0.717) is 5.56 Å². The maximum Gasteiger partial charge on any atom is 0.340 e. The summed E-state index contributed by atoms with van der Waals surface area (Å²) in [6.07, 6.45) is 0. The molecule has 1 aromatic heterocycles. The number of aryl methyl sites for hydroxylation is 1. The highest BCUT2D eigenvalue weighted by Gasteiger charge is 2.22. The lowest BCUT2D eigenvalue weighted by Crippen LogP contribution is -2.39. The summed E-state index contributed by atoms with van der Waals surface area (Å²) in [5, 5.41) is 0. The van der Waals surface area contributed by atoms with Gasteiger partial charge in [-0.05, 0) is 33.8 Å². The summed E-state index contributed by atoms with van der Waals surface area (Å²) in [6, 6.07) is 2.06. The molecule has 0 fully saturated rings. The minimum Gasteiger partial charge on any atom is -0.461 e. The third-order valence-electron chi connectivity index (χ3n) is 3.72. The van der Waals surface area contributed by atoms with Gasteiger partial charge in [0.05, 0.1) is 5.56 Å². The number of esters is 1. The van der Waals surface area contributed by atoms with Crippen molar-refractivity contribution in [3.05, 3.63) is 23.0 Å². The minimum atomic E-state index is -3.49. The van der Waals surface area contributed by atoms with Crippen LogP contribution in [0.3, 0.4) is 0 Å². The van der Waals surface area contributed by atoms with E-state index in [9.17, 15) is 13.2 Å². The van der Waals surface area contributed by atoms with Crippen LogP contribution in [0.1, 0.15) is 41.6 Å². The van der Waals surface area contributed by atoms with Gasteiger partial charge in [0, 0.05) is 45.1 Å². The van der Waals surface area contributed by atoms with E-state index in [-0.39, 0.29) is 19.2 Å². The first-order chi connectivity index (χ1) is 10.5. The molecule has 0 bridgehead atoms. The summed E-state index contributed by atoms with van der Waals surface area (Å²) >= 11 is 0. The number of nitrogens with zero attached hydrogens (tertiary/aromatic N) is 3. The summed E-state index contributed by atoms with van der Waals surface area (Å²) in [6.45, 7) is 8.04. The average Bonchev–Trinajstić information content (AvgIpc) is 2.73. The maximum atomic E-state index is 12.2. The first-order valence-corrected chi connectivity index (χ1v) is 8.89. The van der Waals surface area contributed by atoms with Crippen molar-refractivity contribution in [3.63, 3.8) is 0 Å². The Kier molecular flexibility index (Phi) is 6.38. The second kappa shape index (κ2) is 7.46. The van der Waals surface area contributed by atoms with Gasteiger partial charge in [0.15, 0.2) is 0 Å². The van der Waals surface area contributed by atoms with Crippen LogP contribution in [0, 0.1) is 13.8 Å². The number of rotatable bonds is 7. The van der Waals surface area contributed by atoms with Gasteiger partial charge in [0.25, 0.3) is 10.2 Å².